The van der Waals surface area contributed by atoms with Crippen molar-refractivity contribution in [2.45, 2.75) is 6.92 Å². The molecule has 2 rings (SSSR count). The first-order valence-electron chi connectivity index (χ1n) is 8.57. The van der Waals surface area contributed by atoms with E-state index < -0.39 is 0 Å². The number of hydrogen-bond donors (Lipinski definition) is 2. The highest BCUT2D eigenvalue weighted by atomic mass is 16.5. The second kappa shape index (κ2) is 9.58. The van der Waals surface area contributed by atoms with Gasteiger partial charge < -0.3 is 20.3 Å². The normalized spacial score (nSPS) is 10.5. The molecule has 0 aliphatic carbocycles. The maximum absolute atomic E-state index is 12.3. The first kappa shape index (κ1) is 19.5. The maximum Gasteiger partial charge on any atom is 0.255 e. The van der Waals surface area contributed by atoms with Crippen molar-refractivity contribution in [2.24, 2.45) is 0 Å². The lowest BCUT2D eigenvalue weighted by Crippen LogP contribution is -2.31. The highest BCUT2D eigenvalue weighted by Crippen LogP contribution is 2.16. The number of carbonyl (C=O) groups excluding carboxylic acids is 2. The van der Waals surface area contributed by atoms with Crippen LogP contribution in [0.5, 0.6) is 5.75 Å². The molecule has 0 unspecified atom stereocenters. The smallest absolute Gasteiger partial charge is 0.255 e. The van der Waals surface area contributed by atoms with Crippen LogP contribution in [0.2, 0.25) is 0 Å². The van der Waals surface area contributed by atoms with Gasteiger partial charge >= 0.3 is 0 Å². The van der Waals surface area contributed by atoms with Gasteiger partial charge in [-0.15, -0.1) is 0 Å². The Morgan fingerprint density at radius 2 is 1.50 bits per heavy atom. The molecule has 2 aromatic carbocycles. The molecule has 0 aliphatic rings. The predicted molar refractivity (Wildman–Crippen MR) is 103 cm³/mol. The van der Waals surface area contributed by atoms with Crippen LogP contribution in [-0.2, 0) is 0 Å². The number of likely N-dealkylation sites (N-methyl/N-ethyl adjacent to an activating group) is 1. The zero-order chi connectivity index (χ0) is 18.9. The molecule has 2 amide bonds. The van der Waals surface area contributed by atoms with Crippen LogP contribution in [0.4, 0.5) is 5.69 Å². The molecule has 0 heterocycles. The third kappa shape index (κ3) is 5.89. The van der Waals surface area contributed by atoms with Gasteiger partial charge in [0.1, 0.15) is 5.75 Å². The van der Waals surface area contributed by atoms with Gasteiger partial charge in [0.05, 0.1) is 6.61 Å². The molecule has 0 bridgehead atoms. The van der Waals surface area contributed by atoms with Crippen LogP contribution in [0.25, 0.3) is 0 Å². The Kier molecular flexibility index (Phi) is 7.17. The molecule has 2 aromatic rings. The van der Waals surface area contributed by atoms with Gasteiger partial charge in [0.15, 0.2) is 0 Å². The van der Waals surface area contributed by atoms with Gasteiger partial charge in [-0.2, -0.15) is 0 Å². The zero-order valence-corrected chi connectivity index (χ0v) is 15.4. The van der Waals surface area contributed by atoms with Crippen LogP contribution >= 0.6 is 0 Å². The van der Waals surface area contributed by atoms with E-state index in [0.29, 0.717) is 30.0 Å². The number of carbonyl (C=O) groups is 2. The van der Waals surface area contributed by atoms with E-state index in [2.05, 4.69) is 10.6 Å². The molecule has 0 aromatic heterocycles. The number of nitrogens with zero attached hydrogens (tertiary/aromatic N) is 1. The monoisotopic (exact) mass is 355 g/mol. The molecule has 0 atom stereocenters. The number of benzene rings is 2. The Labute approximate surface area is 154 Å². The number of hydrogen-bond acceptors (Lipinski definition) is 4. The fourth-order valence-electron chi connectivity index (χ4n) is 2.27. The summed E-state index contributed by atoms with van der Waals surface area (Å²) in [6.07, 6.45) is 0. The van der Waals surface area contributed by atoms with Gasteiger partial charge in [0.25, 0.3) is 11.8 Å². The molecular weight excluding hydrogens is 330 g/mol. The minimum Gasteiger partial charge on any atom is -0.494 e. The molecule has 6 heteroatoms. The van der Waals surface area contributed by atoms with Crippen molar-refractivity contribution in [3.8, 4) is 5.75 Å². The average molecular weight is 355 g/mol. The molecule has 0 saturated carbocycles. The van der Waals surface area contributed by atoms with Gasteiger partial charge in [-0.25, -0.2) is 0 Å². The van der Waals surface area contributed by atoms with Crippen molar-refractivity contribution in [3.05, 3.63) is 59.7 Å². The maximum atomic E-state index is 12.3. The van der Waals surface area contributed by atoms with E-state index in [1.54, 1.807) is 48.5 Å². The van der Waals surface area contributed by atoms with E-state index in [4.69, 9.17) is 4.74 Å². The highest BCUT2D eigenvalue weighted by molar-refractivity contribution is 6.05. The lowest BCUT2D eigenvalue weighted by Gasteiger charge is -2.11. The van der Waals surface area contributed by atoms with Crippen LogP contribution in [-0.4, -0.2) is 50.5 Å². The van der Waals surface area contributed by atoms with Gasteiger partial charge in [-0.3, -0.25) is 9.59 Å². The average Bonchev–Trinajstić information content (AvgIpc) is 2.63. The predicted octanol–water partition coefficient (Wildman–Crippen LogP) is 2.63. The number of ether oxygens (including phenoxy) is 1. The summed E-state index contributed by atoms with van der Waals surface area (Å²) >= 11 is 0. The molecule has 0 fully saturated rings. The first-order valence-corrected chi connectivity index (χ1v) is 8.57. The molecule has 0 aliphatic heterocycles. The third-order valence-electron chi connectivity index (χ3n) is 3.68. The first-order chi connectivity index (χ1) is 12.5. The van der Waals surface area contributed by atoms with E-state index in [-0.39, 0.29) is 11.8 Å². The Hall–Kier alpha value is -2.86. The lowest BCUT2D eigenvalue weighted by atomic mass is 10.1. The second-order valence-corrected chi connectivity index (χ2v) is 6.05. The Bertz CT molecular complexity index is 725. The summed E-state index contributed by atoms with van der Waals surface area (Å²) < 4.78 is 5.37. The number of rotatable bonds is 8. The molecule has 2 N–H and O–H groups in total. The van der Waals surface area contributed by atoms with Gasteiger partial charge in [0, 0.05) is 29.9 Å². The summed E-state index contributed by atoms with van der Waals surface area (Å²) in [5.41, 5.74) is 1.70. The fourth-order valence-corrected chi connectivity index (χ4v) is 2.27. The minimum absolute atomic E-state index is 0.148. The second-order valence-electron chi connectivity index (χ2n) is 6.05. The van der Waals surface area contributed by atoms with Crippen molar-refractivity contribution in [1.29, 1.82) is 0 Å². The lowest BCUT2D eigenvalue weighted by molar-refractivity contribution is 0.0949. The Balaban J connectivity index is 1.92. The molecule has 6 nitrogen and oxygen atoms in total. The van der Waals surface area contributed by atoms with E-state index in [1.807, 2.05) is 25.9 Å². The fraction of sp³-hybridized carbons (Fsp3) is 0.300. The molecular formula is C20H25N3O3. The van der Waals surface area contributed by atoms with E-state index in [1.165, 1.54) is 0 Å². The summed E-state index contributed by atoms with van der Waals surface area (Å²) in [5, 5.41) is 5.66. The van der Waals surface area contributed by atoms with E-state index >= 15 is 0 Å². The zero-order valence-electron chi connectivity index (χ0n) is 15.4. The number of anilines is 1. The van der Waals surface area contributed by atoms with Gasteiger partial charge in [-0.05, 0) is 69.6 Å². The van der Waals surface area contributed by atoms with E-state index in [9.17, 15) is 9.59 Å². The Morgan fingerprint density at radius 1 is 0.923 bits per heavy atom. The third-order valence-corrected chi connectivity index (χ3v) is 3.68. The van der Waals surface area contributed by atoms with Crippen LogP contribution in [0.15, 0.2) is 48.5 Å². The molecule has 138 valence electrons. The molecule has 0 spiro atoms. The largest absolute Gasteiger partial charge is 0.494 e. The Morgan fingerprint density at radius 3 is 2.04 bits per heavy atom. The summed E-state index contributed by atoms with van der Waals surface area (Å²) in [4.78, 5) is 26.3. The van der Waals surface area contributed by atoms with Crippen LogP contribution in [0, 0.1) is 0 Å². The van der Waals surface area contributed by atoms with Crippen molar-refractivity contribution in [3.63, 3.8) is 0 Å². The van der Waals surface area contributed by atoms with E-state index in [0.717, 1.165) is 12.3 Å². The SMILES string of the molecule is CCOc1ccc(NC(=O)c2ccc(C(=O)NCCN(C)C)cc2)cc1. The number of nitrogens with one attached hydrogen (secondary N) is 2. The topological polar surface area (TPSA) is 70.7 Å². The summed E-state index contributed by atoms with van der Waals surface area (Å²) in [7, 11) is 3.90. The minimum atomic E-state index is -0.228. The summed E-state index contributed by atoms with van der Waals surface area (Å²) in [6.45, 7) is 3.86. The van der Waals surface area contributed by atoms with Crippen LogP contribution in [0.3, 0.4) is 0 Å². The van der Waals surface area contributed by atoms with Crippen LogP contribution < -0.4 is 15.4 Å². The van der Waals surface area contributed by atoms with Crippen LogP contribution in [0.1, 0.15) is 27.6 Å². The van der Waals surface area contributed by atoms with Gasteiger partial charge in [0.2, 0.25) is 0 Å². The van der Waals surface area contributed by atoms with Crippen molar-refractivity contribution >= 4 is 17.5 Å². The molecule has 0 radical (unpaired) electrons. The standard InChI is InChI=1S/C20H25N3O3/c1-4-26-18-11-9-17(10-12-18)22-20(25)16-7-5-15(6-8-16)19(24)21-13-14-23(2)3/h5-12H,4,13-14H2,1-3H3,(H,21,24)(H,22,25). The van der Waals surface area contributed by atoms with Crippen molar-refractivity contribution in [2.75, 3.05) is 39.1 Å². The quantitative estimate of drug-likeness (QED) is 0.764. The highest BCUT2D eigenvalue weighted by Gasteiger charge is 2.09. The van der Waals surface area contributed by atoms with Gasteiger partial charge in [-0.1, -0.05) is 0 Å². The summed E-state index contributed by atoms with van der Waals surface area (Å²) in [5.74, 6) is 0.383. The van der Waals surface area contributed by atoms with Crippen molar-refractivity contribution in [1.82, 2.24) is 10.2 Å². The van der Waals surface area contributed by atoms with Crippen molar-refractivity contribution < 1.29 is 14.3 Å². The summed E-state index contributed by atoms with van der Waals surface area (Å²) in [6, 6.07) is 13.8. The number of amides is 2. The molecule has 0 saturated heterocycles. The molecule has 26 heavy (non-hydrogen) atoms.